The number of hydrogen-bond donors (Lipinski definition) is 1. The number of benzene rings is 2. The fourth-order valence-electron chi connectivity index (χ4n) is 1.93. The third-order valence-electron chi connectivity index (χ3n) is 3.09. The van der Waals surface area contributed by atoms with Crippen molar-refractivity contribution in [1.82, 2.24) is 0 Å². The molecule has 0 amide bonds. The molecule has 4 heteroatoms. The first kappa shape index (κ1) is 16.2. The van der Waals surface area contributed by atoms with Gasteiger partial charge in [0, 0.05) is 16.7 Å². The molecule has 0 aromatic heterocycles. The molecule has 0 heterocycles. The molecule has 0 unspecified atom stereocenters. The standard InChI is InChI=1S/C17H19BrClNO/c1-3-8-21-17-7-6-14(10-16(17)19)20-11-13-5-4-12(2)9-15(13)18/h4-7,9-10,20H,3,8,11H2,1-2H3. The average Bonchev–Trinajstić information content (AvgIpc) is 2.45. The Morgan fingerprint density at radius 2 is 2.00 bits per heavy atom. The zero-order valence-electron chi connectivity index (χ0n) is 12.2. The lowest BCUT2D eigenvalue weighted by Gasteiger charge is -2.11. The Kier molecular flexibility index (Phi) is 5.95. The first-order valence-electron chi connectivity index (χ1n) is 7.01. The Hall–Kier alpha value is -1.19. The van der Waals surface area contributed by atoms with Crippen LogP contribution in [-0.2, 0) is 6.54 Å². The van der Waals surface area contributed by atoms with Gasteiger partial charge in [0.2, 0.25) is 0 Å². The summed E-state index contributed by atoms with van der Waals surface area (Å²) in [7, 11) is 0. The van der Waals surface area contributed by atoms with Crippen molar-refractivity contribution in [2.45, 2.75) is 26.8 Å². The Bertz CT molecular complexity index is 616. The molecule has 0 atom stereocenters. The monoisotopic (exact) mass is 367 g/mol. The van der Waals surface area contributed by atoms with Gasteiger partial charge in [-0.2, -0.15) is 0 Å². The van der Waals surface area contributed by atoms with E-state index in [1.54, 1.807) is 0 Å². The predicted octanol–water partition coefficient (Wildman–Crippen LogP) is 5.81. The van der Waals surface area contributed by atoms with E-state index in [1.807, 2.05) is 18.2 Å². The predicted molar refractivity (Wildman–Crippen MR) is 93.4 cm³/mol. The maximum Gasteiger partial charge on any atom is 0.138 e. The van der Waals surface area contributed by atoms with Crippen molar-refractivity contribution < 1.29 is 4.74 Å². The number of ether oxygens (including phenoxy) is 1. The van der Waals surface area contributed by atoms with Crippen LogP contribution in [0, 0.1) is 6.92 Å². The summed E-state index contributed by atoms with van der Waals surface area (Å²) in [4.78, 5) is 0. The Morgan fingerprint density at radius 1 is 1.19 bits per heavy atom. The lowest BCUT2D eigenvalue weighted by Crippen LogP contribution is -2.01. The minimum atomic E-state index is 0.636. The van der Waals surface area contributed by atoms with E-state index in [0.29, 0.717) is 11.6 Å². The summed E-state index contributed by atoms with van der Waals surface area (Å²) < 4.78 is 6.68. The summed E-state index contributed by atoms with van der Waals surface area (Å²) in [5.41, 5.74) is 3.44. The third kappa shape index (κ3) is 4.65. The summed E-state index contributed by atoms with van der Waals surface area (Å²) in [6, 6.07) is 12.1. The van der Waals surface area contributed by atoms with Crippen molar-refractivity contribution in [3.8, 4) is 5.75 Å². The highest BCUT2D eigenvalue weighted by Crippen LogP contribution is 2.28. The number of nitrogens with one attached hydrogen (secondary N) is 1. The van der Waals surface area contributed by atoms with Crippen LogP contribution < -0.4 is 10.1 Å². The molecule has 2 aromatic carbocycles. The smallest absolute Gasteiger partial charge is 0.138 e. The topological polar surface area (TPSA) is 21.3 Å². The lowest BCUT2D eigenvalue weighted by molar-refractivity contribution is 0.317. The first-order chi connectivity index (χ1) is 10.1. The van der Waals surface area contributed by atoms with Gasteiger partial charge in [0.05, 0.1) is 11.6 Å². The number of rotatable bonds is 6. The molecule has 0 aliphatic heterocycles. The van der Waals surface area contributed by atoms with Gasteiger partial charge in [-0.05, 0) is 48.7 Å². The minimum absolute atomic E-state index is 0.636. The van der Waals surface area contributed by atoms with Crippen molar-refractivity contribution in [2.75, 3.05) is 11.9 Å². The summed E-state index contributed by atoms with van der Waals surface area (Å²) >= 11 is 9.81. The highest BCUT2D eigenvalue weighted by Gasteiger charge is 2.04. The second-order valence-corrected chi connectivity index (χ2v) is 6.20. The molecule has 0 bridgehead atoms. The van der Waals surface area contributed by atoms with Gasteiger partial charge in [0.1, 0.15) is 5.75 Å². The summed E-state index contributed by atoms with van der Waals surface area (Å²) in [6.07, 6.45) is 0.970. The van der Waals surface area contributed by atoms with E-state index in [1.165, 1.54) is 11.1 Å². The van der Waals surface area contributed by atoms with Crippen LogP contribution in [-0.4, -0.2) is 6.61 Å². The largest absolute Gasteiger partial charge is 0.492 e. The lowest BCUT2D eigenvalue weighted by atomic mass is 10.1. The van der Waals surface area contributed by atoms with Crippen molar-refractivity contribution in [1.29, 1.82) is 0 Å². The van der Waals surface area contributed by atoms with Gasteiger partial charge in [0.15, 0.2) is 0 Å². The van der Waals surface area contributed by atoms with Gasteiger partial charge in [-0.1, -0.05) is 46.6 Å². The normalized spacial score (nSPS) is 10.5. The second-order valence-electron chi connectivity index (χ2n) is 4.94. The highest BCUT2D eigenvalue weighted by atomic mass is 79.9. The van der Waals surface area contributed by atoms with E-state index in [-0.39, 0.29) is 0 Å². The van der Waals surface area contributed by atoms with Crippen molar-refractivity contribution in [3.63, 3.8) is 0 Å². The van der Waals surface area contributed by atoms with E-state index in [9.17, 15) is 0 Å². The molecule has 0 radical (unpaired) electrons. The molecular weight excluding hydrogens is 350 g/mol. The Balaban J connectivity index is 2.01. The molecule has 0 spiro atoms. The molecule has 0 saturated heterocycles. The van der Waals surface area contributed by atoms with Crippen molar-refractivity contribution in [2.24, 2.45) is 0 Å². The van der Waals surface area contributed by atoms with Crippen LogP contribution in [0.3, 0.4) is 0 Å². The van der Waals surface area contributed by atoms with Gasteiger partial charge in [-0.3, -0.25) is 0 Å². The highest BCUT2D eigenvalue weighted by molar-refractivity contribution is 9.10. The molecule has 1 N–H and O–H groups in total. The van der Waals surface area contributed by atoms with E-state index < -0.39 is 0 Å². The molecule has 0 aliphatic rings. The first-order valence-corrected chi connectivity index (χ1v) is 8.18. The minimum Gasteiger partial charge on any atom is -0.492 e. The quantitative estimate of drug-likeness (QED) is 0.694. The van der Waals surface area contributed by atoms with Crippen molar-refractivity contribution in [3.05, 3.63) is 57.0 Å². The van der Waals surface area contributed by atoms with Gasteiger partial charge in [0.25, 0.3) is 0 Å². The molecular formula is C17H19BrClNO. The summed E-state index contributed by atoms with van der Waals surface area (Å²) in [5, 5.41) is 4.01. The van der Waals surface area contributed by atoms with Crippen molar-refractivity contribution >= 4 is 33.2 Å². The van der Waals surface area contributed by atoms with Gasteiger partial charge in [-0.15, -0.1) is 0 Å². The Labute approximate surface area is 139 Å². The van der Waals surface area contributed by atoms with Crippen LogP contribution in [0.4, 0.5) is 5.69 Å². The SMILES string of the molecule is CCCOc1ccc(NCc2ccc(C)cc2Br)cc1Cl. The van der Waals surface area contributed by atoms with Crippen LogP contribution >= 0.6 is 27.5 Å². The third-order valence-corrected chi connectivity index (χ3v) is 4.12. The molecule has 2 nitrogen and oxygen atoms in total. The molecule has 0 fully saturated rings. The Morgan fingerprint density at radius 3 is 2.67 bits per heavy atom. The van der Waals surface area contributed by atoms with Gasteiger partial charge >= 0.3 is 0 Å². The van der Waals surface area contributed by atoms with E-state index >= 15 is 0 Å². The molecule has 112 valence electrons. The fourth-order valence-corrected chi connectivity index (χ4v) is 2.80. The average molecular weight is 369 g/mol. The molecule has 0 saturated carbocycles. The van der Waals surface area contributed by atoms with E-state index in [4.69, 9.17) is 16.3 Å². The maximum absolute atomic E-state index is 6.22. The number of aryl methyl sites for hydroxylation is 1. The van der Waals surface area contributed by atoms with Crippen LogP contribution in [0.25, 0.3) is 0 Å². The van der Waals surface area contributed by atoms with Crippen LogP contribution in [0.2, 0.25) is 5.02 Å². The summed E-state index contributed by atoms with van der Waals surface area (Å²) in [6.45, 7) is 5.58. The fraction of sp³-hybridized carbons (Fsp3) is 0.294. The van der Waals surface area contributed by atoms with Gasteiger partial charge in [-0.25, -0.2) is 0 Å². The van der Waals surface area contributed by atoms with E-state index in [2.05, 4.69) is 53.3 Å². The van der Waals surface area contributed by atoms with Crippen LogP contribution in [0.15, 0.2) is 40.9 Å². The zero-order valence-corrected chi connectivity index (χ0v) is 14.6. The molecule has 2 aromatic rings. The van der Waals surface area contributed by atoms with Gasteiger partial charge < -0.3 is 10.1 Å². The number of anilines is 1. The molecule has 0 aliphatic carbocycles. The number of halogens is 2. The molecule has 2 rings (SSSR count). The van der Waals surface area contributed by atoms with Crippen LogP contribution in [0.5, 0.6) is 5.75 Å². The number of hydrogen-bond acceptors (Lipinski definition) is 2. The summed E-state index contributed by atoms with van der Waals surface area (Å²) in [5.74, 6) is 0.737. The maximum atomic E-state index is 6.22. The molecule has 21 heavy (non-hydrogen) atoms. The second kappa shape index (κ2) is 7.71. The zero-order chi connectivity index (χ0) is 15.2. The van der Waals surface area contributed by atoms with E-state index in [0.717, 1.165) is 28.9 Å². The van der Waals surface area contributed by atoms with Crippen LogP contribution in [0.1, 0.15) is 24.5 Å².